The number of fused-ring (bicyclic) bond motifs is 1. The molecule has 10 nitrogen and oxygen atoms in total. The van der Waals surface area contributed by atoms with Gasteiger partial charge in [0.15, 0.2) is 5.76 Å². The highest BCUT2D eigenvalue weighted by Gasteiger charge is 2.30. The molecule has 1 aliphatic rings. The smallest absolute Gasteiger partial charge is 0.290 e. The lowest BCUT2D eigenvalue weighted by atomic mass is 9.95. The number of aliphatic hydroxyl groups is 1. The molecule has 0 fully saturated rings. The third-order valence-electron chi connectivity index (χ3n) is 7.88. The molecule has 0 saturated carbocycles. The van der Waals surface area contributed by atoms with Crippen LogP contribution in [-0.4, -0.2) is 68.4 Å². The molecule has 2 aromatic heterocycles. The first-order valence-corrected chi connectivity index (χ1v) is 18.5. The van der Waals surface area contributed by atoms with E-state index < -0.39 is 22.2 Å². The van der Waals surface area contributed by atoms with Crippen LogP contribution in [0, 0.1) is 6.92 Å². The minimum atomic E-state index is -3.91. The van der Waals surface area contributed by atoms with Crippen molar-refractivity contribution in [2.45, 2.75) is 30.4 Å². The number of aryl methyl sites for hydroxylation is 1. The summed E-state index contributed by atoms with van der Waals surface area (Å²) in [5.41, 5.74) is 4.72. The molecule has 5 aromatic rings. The minimum absolute atomic E-state index is 0.0158. The summed E-state index contributed by atoms with van der Waals surface area (Å²) in [4.78, 5) is 18.3. The first-order valence-electron chi connectivity index (χ1n) is 15.3. The van der Waals surface area contributed by atoms with Crippen molar-refractivity contribution in [2.75, 3.05) is 38.7 Å². The van der Waals surface area contributed by atoms with Gasteiger partial charge in [0.25, 0.3) is 5.91 Å². The molecule has 0 saturated heterocycles. The van der Waals surface area contributed by atoms with E-state index in [4.69, 9.17) is 19.2 Å². The number of anilines is 1. The summed E-state index contributed by atoms with van der Waals surface area (Å²) in [6.45, 7) is 1.56. The fourth-order valence-corrected chi connectivity index (χ4v) is 8.54. The summed E-state index contributed by atoms with van der Waals surface area (Å²) in [5.74, 6) is 0.0873. The zero-order valence-electron chi connectivity index (χ0n) is 26.4. The number of thiophene rings is 1. The van der Waals surface area contributed by atoms with E-state index in [-0.39, 0.29) is 42.9 Å². The Morgan fingerprint density at radius 1 is 1.08 bits per heavy atom. The number of thiazole rings is 1. The molecular formula is C35H35N3O7S3. The van der Waals surface area contributed by atoms with Crippen molar-refractivity contribution in [3.63, 3.8) is 0 Å². The molecule has 0 bridgehead atoms. The second kappa shape index (κ2) is 15.0. The van der Waals surface area contributed by atoms with Crippen LogP contribution in [0.25, 0.3) is 20.8 Å². The number of hydrogen-bond donors (Lipinski definition) is 2. The highest BCUT2D eigenvalue weighted by atomic mass is 32.2. The molecule has 0 aliphatic carbocycles. The van der Waals surface area contributed by atoms with Gasteiger partial charge in [-0.3, -0.25) is 4.79 Å². The predicted octanol–water partition coefficient (Wildman–Crippen LogP) is 6.39. The van der Waals surface area contributed by atoms with Crippen molar-refractivity contribution in [3.05, 3.63) is 107 Å². The quantitative estimate of drug-likeness (QED) is 0.144. The molecule has 0 unspecified atom stereocenters. The number of sulfonamides is 1. The number of aliphatic hydroxyl groups excluding tert-OH is 1. The number of hydrogen-bond acceptors (Lipinski definition) is 10. The van der Waals surface area contributed by atoms with Crippen molar-refractivity contribution in [1.82, 2.24) is 9.29 Å². The maximum absolute atomic E-state index is 13.4. The lowest BCUT2D eigenvalue weighted by molar-refractivity contribution is -0.143. The molecule has 1 amide bonds. The van der Waals surface area contributed by atoms with Crippen LogP contribution < -0.4 is 10.1 Å². The van der Waals surface area contributed by atoms with Crippen molar-refractivity contribution in [3.8, 4) is 16.3 Å². The lowest BCUT2D eigenvalue weighted by Crippen LogP contribution is -2.37. The summed E-state index contributed by atoms with van der Waals surface area (Å²) in [6.07, 6.45) is 1.43. The zero-order valence-corrected chi connectivity index (χ0v) is 28.8. The van der Waals surface area contributed by atoms with Gasteiger partial charge in [0.05, 0.1) is 35.4 Å². The predicted molar refractivity (Wildman–Crippen MR) is 188 cm³/mol. The van der Waals surface area contributed by atoms with Gasteiger partial charge in [-0.1, -0.05) is 6.07 Å². The Hall–Kier alpha value is -4.11. The standard InChI is InChI=1S/C35H35N3O7S3/c1-23-3-12-30-32(19-23)47-35(37-30)24-4-6-27(7-5-24)36-34(40)31-20-26(25-13-18-46-22-25)21-33(45-31)44-17-15-38(14-16-39)48(41,42)29-10-8-28(43-2)9-11-29/h3-13,18-20,22,26,33,39H,14-17,21H2,1-2H3,(H,36,40)/t26-,33+/m1/s1. The number of carbonyl (C=O) groups excluding carboxylic acids is 1. The normalized spacial score (nSPS) is 16.5. The Bertz CT molecular complexity index is 1990. The van der Waals surface area contributed by atoms with Crippen LogP contribution in [0.15, 0.2) is 100 Å². The van der Waals surface area contributed by atoms with Gasteiger partial charge in [0, 0.05) is 36.7 Å². The molecule has 3 heterocycles. The van der Waals surface area contributed by atoms with E-state index in [0.717, 1.165) is 30.7 Å². The largest absolute Gasteiger partial charge is 0.497 e. The fraction of sp³-hybridized carbons (Fsp3) is 0.257. The van der Waals surface area contributed by atoms with Gasteiger partial charge in [-0.2, -0.15) is 15.6 Å². The number of nitrogens with zero attached hydrogens (tertiary/aromatic N) is 2. The van der Waals surface area contributed by atoms with Crippen LogP contribution in [0.3, 0.4) is 0 Å². The Morgan fingerprint density at radius 2 is 1.88 bits per heavy atom. The number of aromatic nitrogens is 1. The second-order valence-corrected chi connectivity index (χ2v) is 14.9. The Labute approximate surface area is 287 Å². The third kappa shape index (κ3) is 7.78. The topological polar surface area (TPSA) is 127 Å². The van der Waals surface area contributed by atoms with Gasteiger partial charge < -0.3 is 24.6 Å². The van der Waals surface area contributed by atoms with E-state index in [0.29, 0.717) is 17.9 Å². The molecule has 6 rings (SSSR count). The number of allylic oxidation sites excluding steroid dienone is 1. The van der Waals surface area contributed by atoms with Gasteiger partial charge in [0.1, 0.15) is 10.8 Å². The maximum atomic E-state index is 13.4. The monoisotopic (exact) mass is 705 g/mol. The van der Waals surface area contributed by atoms with Crippen LogP contribution in [0.1, 0.15) is 23.5 Å². The average molecular weight is 706 g/mol. The highest BCUT2D eigenvalue weighted by molar-refractivity contribution is 7.89. The van der Waals surface area contributed by atoms with Crippen molar-refractivity contribution < 1.29 is 32.5 Å². The SMILES string of the molecule is COc1ccc(S(=O)(=O)N(CCO)CCO[C@@H]2C[C@H](c3ccsc3)C=C(C(=O)Nc3ccc(-c4nc5ccc(C)cc5s4)cc3)O2)cc1. The van der Waals surface area contributed by atoms with Crippen molar-refractivity contribution >= 4 is 54.5 Å². The molecule has 2 atom stereocenters. The van der Waals surface area contributed by atoms with Crippen molar-refractivity contribution in [2.24, 2.45) is 0 Å². The van der Waals surface area contributed by atoms with Crippen LogP contribution in [0.2, 0.25) is 0 Å². The molecule has 48 heavy (non-hydrogen) atoms. The number of benzene rings is 3. The summed E-state index contributed by atoms with van der Waals surface area (Å²) in [6, 6.07) is 21.8. The number of ether oxygens (including phenoxy) is 3. The first kappa shape index (κ1) is 33.8. The molecule has 0 radical (unpaired) electrons. The lowest BCUT2D eigenvalue weighted by Gasteiger charge is -2.30. The number of carbonyl (C=O) groups is 1. The van der Waals surface area contributed by atoms with Gasteiger partial charge in [-0.05, 0) is 102 Å². The molecule has 13 heteroatoms. The number of nitrogens with one attached hydrogen (secondary N) is 1. The van der Waals surface area contributed by atoms with Crippen LogP contribution in [-0.2, 0) is 24.3 Å². The van der Waals surface area contributed by atoms with Gasteiger partial charge >= 0.3 is 0 Å². The average Bonchev–Trinajstić information content (AvgIpc) is 3.79. The maximum Gasteiger partial charge on any atom is 0.290 e. The fourth-order valence-electron chi connectivity index (χ4n) is 5.33. The van der Waals surface area contributed by atoms with E-state index >= 15 is 0 Å². The molecule has 2 N–H and O–H groups in total. The second-order valence-electron chi connectivity index (χ2n) is 11.2. The molecule has 1 aliphatic heterocycles. The Balaban J connectivity index is 1.12. The summed E-state index contributed by atoms with van der Waals surface area (Å²) in [5, 5.41) is 17.4. The number of amides is 1. The summed E-state index contributed by atoms with van der Waals surface area (Å²) in [7, 11) is -2.40. The van der Waals surface area contributed by atoms with E-state index in [1.807, 2.05) is 53.2 Å². The van der Waals surface area contributed by atoms with E-state index in [1.165, 1.54) is 24.8 Å². The van der Waals surface area contributed by atoms with Crippen LogP contribution in [0.5, 0.6) is 5.75 Å². The van der Waals surface area contributed by atoms with E-state index in [2.05, 4.69) is 18.3 Å². The van der Waals surface area contributed by atoms with Crippen LogP contribution in [0.4, 0.5) is 5.69 Å². The number of methoxy groups -OCH3 is 1. The van der Waals surface area contributed by atoms with Crippen molar-refractivity contribution in [1.29, 1.82) is 0 Å². The summed E-state index contributed by atoms with van der Waals surface area (Å²) >= 11 is 3.18. The first-order chi connectivity index (χ1) is 23.2. The van der Waals surface area contributed by atoms with E-state index in [9.17, 15) is 18.3 Å². The molecule has 3 aromatic carbocycles. The zero-order chi connectivity index (χ0) is 33.7. The molecule has 0 spiro atoms. The van der Waals surface area contributed by atoms with Crippen LogP contribution >= 0.6 is 22.7 Å². The highest BCUT2D eigenvalue weighted by Crippen LogP contribution is 2.34. The number of rotatable bonds is 13. The Morgan fingerprint density at radius 3 is 2.58 bits per heavy atom. The van der Waals surface area contributed by atoms with Gasteiger partial charge in [-0.15, -0.1) is 11.3 Å². The van der Waals surface area contributed by atoms with Gasteiger partial charge in [0.2, 0.25) is 16.3 Å². The minimum Gasteiger partial charge on any atom is -0.497 e. The van der Waals surface area contributed by atoms with E-state index in [1.54, 1.807) is 40.9 Å². The Kier molecular flexibility index (Phi) is 10.5. The summed E-state index contributed by atoms with van der Waals surface area (Å²) < 4.78 is 46.1. The molecular weight excluding hydrogens is 671 g/mol. The third-order valence-corrected chi connectivity index (χ3v) is 11.6. The molecule has 250 valence electrons. The van der Waals surface area contributed by atoms with Gasteiger partial charge in [-0.25, -0.2) is 13.4 Å².